The SMILES string of the molecule is CCNC(CCO)CSc1nccc(=O)[nH]1. The van der Waals surface area contributed by atoms with Gasteiger partial charge in [0.15, 0.2) is 5.16 Å². The summed E-state index contributed by atoms with van der Waals surface area (Å²) in [5.41, 5.74) is -0.139. The number of rotatable bonds is 7. The molecule has 1 aromatic rings. The van der Waals surface area contributed by atoms with Gasteiger partial charge in [-0.1, -0.05) is 18.7 Å². The van der Waals surface area contributed by atoms with E-state index in [2.05, 4.69) is 15.3 Å². The molecule has 0 aliphatic heterocycles. The number of aromatic nitrogens is 2. The molecule has 1 unspecified atom stereocenters. The van der Waals surface area contributed by atoms with Gasteiger partial charge in [0.1, 0.15) is 0 Å². The van der Waals surface area contributed by atoms with Gasteiger partial charge in [-0.25, -0.2) is 4.98 Å². The third-order valence-electron chi connectivity index (χ3n) is 2.04. The Kier molecular flexibility index (Phi) is 6.14. The van der Waals surface area contributed by atoms with E-state index in [1.54, 1.807) is 0 Å². The molecule has 3 N–H and O–H groups in total. The first-order valence-corrected chi connectivity index (χ1v) is 6.27. The lowest BCUT2D eigenvalue weighted by Gasteiger charge is -2.15. The second-order valence-corrected chi connectivity index (χ2v) is 4.33. The van der Waals surface area contributed by atoms with Gasteiger partial charge in [-0.15, -0.1) is 0 Å². The van der Waals surface area contributed by atoms with Gasteiger partial charge < -0.3 is 15.4 Å². The van der Waals surface area contributed by atoms with Crippen LogP contribution in [0, 0.1) is 0 Å². The Morgan fingerprint density at radius 1 is 1.69 bits per heavy atom. The molecular formula is C10H17N3O2S. The van der Waals surface area contributed by atoms with Crippen LogP contribution in [-0.4, -0.2) is 40.0 Å². The molecule has 1 atom stereocenters. The van der Waals surface area contributed by atoms with Crippen LogP contribution in [0.15, 0.2) is 22.2 Å². The lowest BCUT2D eigenvalue weighted by molar-refractivity contribution is 0.271. The Hall–Kier alpha value is -0.850. The quantitative estimate of drug-likeness (QED) is 0.472. The van der Waals surface area contributed by atoms with Crippen molar-refractivity contribution in [2.75, 3.05) is 18.9 Å². The first kappa shape index (κ1) is 13.2. The van der Waals surface area contributed by atoms with Crippen LogP contribution in [0.2, 0.25) is 0 Å². The highest BCUT2D eigenvalue weighted by atomic mass is 32.2. The van der Waals surface area contributed by atoms with E-state index < -0.39 is 0 Å². The van der Waals surface area contributed by atoms with Crippen molar-refractivity contribution < 1.29 is 5.11 Å². The van der Waals surface area contributed by atoms with Gasteiger partial charge in [-0.2, -0.15) is 0 Å². The van der Waals surface area contributed by atoms with Crippen LogP contribution in [0.4, 0.5) is 0 Å². The standard InChI is InChI=1S/C10H17N3O2S/c1-2-11-8(4-6-14)7-16-10-12-5-3-9(15)13-10/h3,5,8,11,14H,2,4,6-7H2,1H3,(H,12,13,15). The lowest BCUT2D eigenvalue weighted by Crippen LogP contribution is -2.32. The number of aliphatic hydroxyl groups excluding tert-OH is 1. The highest BCUT2D eigenvalue weighted by molar-refractivity contribution is 7.99. The normalized spacial score (nSPS) is 12.6. The fourth-order valence-corrected chi connectivity index (χ4v) is 2.25. The van der Waals surface area contributed by atoms with Crippen LogP contribution >= 0.6 is 11.8 Å². The first-order chi connectivity index (χ1) is 7.76. The predicted molar refractivity (Wildman–Crippen MR) is 64.7 cm³/mol. The fourth-order valence-electron chi connectivity index (χ4n) is 1.29. The van der Waals surface area contributed by atoms with E-state index in [1.165, 1.54) is 24.0 Å². The zero-order valence-electron chi connectivity index (χ0n) is 9.27. The number of aliphatic hydroxyl groups is 1. The van der Waals surface area contributed by atoms with Crippen molar-refractivity contribution >= 4 is 11.8 Å². The topological polar surface area (TPSA) is 78.0 Å². The number of hydrogen-bond donors (Lipinski definition) is 3. The Bertz CT molecular complexity index is 350. The summed E-state index contributed by atoms with van der Waals surface area (Å²) in [5, 5.41) is 12.8. The highest BCUT2D eigenvalue weighted by Crippen LogP contribution is 2.12. The molecule has 0 saturated heterocycles. The molecule has 0 spiro atoms. The molecule has 0 saturated carbocycles. The van der Waals surface area contributed by atoms with Crippen LogP contribution in [0.5, 0.6) is 0 Å². The Morgan fingerprint density at radius 2 is 2.50 bits per heavy atom. The smallest absolute Gasteiger partial charge is 0.251 e. The summed E-state index contributed by atoms with van der Waals surface area (Å²) >= 11 is 1.48. The van der Waals surface area contributed by atoms with Crippen molar-refractivity contribution in [2.45, 2.75) is 24.5 Å². The second-order valence-electron chi connectivity index (χ2n) is 3.32. The molecular weight excluding hydrogens is 226 g/mol. The molecule has 0 radical (unpaired) electrons. The molecule has 0 aliphatic rings. The number of hydrogen-bond acceptors (Lipinski definition) is 5. The summed E-state index contributed by atoms with van der Waals surface area (Å²) in [6.07, 6.45) is 2.20. The molecule has 0 fully saturated rings. The van der Waals surface area contributed by atoms with Crippen molar-refractivity contribution in [3.8, 4) is 0 Å². The maximum absolute atomic E-state index is 11.0. The van der Waals surface area contributed by atoms with E-state index in [0.29, 0.717) is 11.6 Å². The molecule has 1 rings (SSSR count). The molecule has 1 heterocycles. The third kappa shape index (κ3) is 4.78. The van der Waals surface area contributed by atoms with Crippen LogP contribution in [0.25, 0.3) is 0 Å². The maximum atomic E-state index is 11.0. The molecule has 1 aromatic heterocycles. The van der Waals surface area contributed by atoms with Gasteiger partial charge in [0, 0.05) is 30.7 Å². The Morgan fingerprint density at radius 3 is 3.12 bits per heavy atom. The van der Waals surface area contributed by atoms with Gasteiger partial charge in [0.25, 0.3) is 5.56 Å². The second kappa shape index (κ2) is 7.43. The van der Waals surface area contributed by atoms with E-state index in [1.807, 2.05) is 6.92 Å². The molecule has 16 heavy (non-hydrogen) atoms. The molecule has 5 nitrogen and oxygen atoms in total. The zero-order valence-corrected chi connectivity index (χ0v) is 10.1. The van der Waals surface area contributed by atoms with E-state index >= 15 is 0 Å². The third-order valence-corrected chi connectivity index (χ3v) is 3.09. The van der Waals surface area contributed by atoms with Gasteiger partial charge in [-0.05, 0) is 13.0 Å². The minimum Gasteiger partial charge on any atom is -0.396 e. The van der Waals surface area contributed by atoms with Gasteiger partial charge in [0.2, 0.25) is 0 Å². The summed E-state index contributed by atoms with van der Waals surface area (Å²) < 4.78 is 0. The first-order valence-electron chi connectivity index (χ1n) is 5.28. The maximum Gasteiger partial charge on any atom is 0.251 e. The molecule has 6 heteroatoms. The summed E-state index contributed by atoms with van der Waals surface area (Å²) in [7, 11) is 0. The van der Waals surface area contributed by atoms with Crippen molar-refractivity contribution in [3.05, 3.63) is 22.6 Å². The number of H-pyrrole nitrogens is 1. The van der Waals surface area contributed by atoms with Crippen molar-refractivity contribution in [2.24, 2.45) is 0 Å². The van der Waals surface area contributed by atoms with E-state index in [-0.39, 0.29) is 18.2 Å². The molecule has 90 valence electrons. The average molecular weight is 243 g/mol. The zero-order chi connectivity index (χ0) is 11.8. The van der Waals surface area contributed by atoms with Crippen molar-refractivity contribution in [1.82, 2.24) is 15.3 Å². The number of nitrogens with one attached hydrogen (secondary N) is 2. The van der Waals surface area contributed by atoms with E-state index in [4.69, 9.17) is 5.11 Å². The monoisotopic (exact) mass is 243 g/mol. The Balaban J connectivity index is 2.44. The van der Waals surface area contributed by atoms with Gasteiger partial charge in [0.05, 0.1) is 0 Å². The summed E-state index contributed by atoms with van der Waals surface area (Å²) in [6.45, 7) is 3.05. The fraction of sp³-hybridized carbons (Fsp3) is 0.600. The van der Waals surface area contributed by atoms with E-state index in [9.17, 15) is 4.79 Å². The lowest BCUT2D eigenvalue weighted by atomic mass is 10.2. The van der Waals surface area contributed by atoms with Crippen LogP contribution < -0.4 is 10.9 Å². The van der Waals surface area contributed by atoms with Gasteiger partial charge >= 0.3 is 0 Å². The minimum absolute atomic E-state index is 0.139. The number of nitrogens with zero attached hydrogens (tertiary/aromatic N) is 1. The molecule has 0 bridgehead atoms. The average Bonchev–Trinajstić information content (AvgIpc) is 2.27. The van der Waals surface area contributed by atoms with Crippen LogP contribution in [-0.2, 0) is 0 Å². The molecule has 0 amide bonds. The highest BCUT2D eigenvalue weighted by Gasteiger charge is 2.07. The number of thioether (sulfide) groups is 1. The summed E-state index contributed by atoms with van der Waals surface area (Å²) in [4.78, 5) is 17.7. The summed E-state index contributed by atoms with van der Waals surface area (Å²) in [6, 6.07) is 1.63. The van der Waals surface area contributed by atoms with Crippen molar-refractivity contribution in [1.29, 1.82) is 0 Å². The van der Waals surface area contributed by atoms with Crippen LogP contribution in [0.1, 0.15) is 13.3 Å². The Labute approximate surface area is 98.7 Å². The molecule has 0 aliphatic carbocycles. The van der Waals surface area contributed by atoms with Crippen LogP contribution in [0.3, 0.4) is 0 Å². The summed E-state index contributed by atoms with van der Waals surface area (Å²) in [5.74, 6) is 0.779. The minimum atomic E-state index is -0.139. The largest absolute Gasteiger partial charge is 0.396 e. The molecule has 0 aromatic carbocycles. The number of aromatic amines is 1. The van der Waals surface area contributed by atoms with E-state index in [0.717, 1.165) is 12.3 Å². The van der Waals surface area contributed by atoms with Crippen molar-refractivity contribution in [3.63, 3.8) is 0 Å². The predicted octanol–water partition coefficient (Wildman–Crippen LogP) is 0.223. The van der Waals surface area contributed by atoms with Gasteiger partial charge in [-0.3, -0.25) is 4.79 Å².